The van der Waals surface area contributed by atoms with Gasteiger partial charge in [0.15, 0.2) is 11.6 Å². The van der Waals surface area contributed by atoms with Gasteiger partial charge in [-0.15, -0.1) is 0 Å². The van der Waals surface area contributed by atoms with Gasteiger partial charge in [0, 0.05) is 17.0 Å². The topological polar surface area (TPSA) is 98.8 Å². The summed E-state index contributed by atoms with van der Waals surface area (Å²) in [6, 6.07) is 15.5. The van der Waals surface area contributed by atoms with E-state index in [1.54, 1.807) is 18.2 Å². The molecule has 0 amide bonds. The molecule has 0 aliphatic carbocycles. The summed E-state index contributed by atoms with van der Waals surface area (Å²) in [5.41, 5.74) is 10.3. The lowest BCUT2D eigenvalue weighted by molar-refractivity contribution is 0.103. The minimum atomic E-state index is -0.479. The Hall–Kier alpha value is -4.46. The van der Waals surface area contributed by atoms with Crippen LogP contribution in [0.5, 0.6) is 11.6 Å². The summed E-state index contributed by atoms with van der Waals surface area (Å²) in [6.45, 7) is 3.83. The molecular weight excluding hydrogens is 421 g/mol. The number of nitrogens with zero attached hydrogens (tertiary/aromatic N) is 3. The van der Waals surface area contributed by atoms with Gasteiger partial charge in [0.2, 0.25) is 11.7 Å². The summed E-state index contributed by atoms with van der Waals surface area (Å²) in [6.07, 6.45) is 2.96. The summed E-state index contributed by atoms with van der Waals surface area (Å²) in [7, 11) is 0. The second-order valence-corrected chi connectivity index (χ2v) is 7.80. The zero-order valence-electron chi connectivity index (χ0n) is 18.0. The van der Waals surface area contributed by atoms with Crippen molar-refractivity contribution in [1.82, 2.24) is 19.7 Å². The van der Waals surface area contributed by atoms with Crippen LogP contribution in [0.3, 0.4) is 0 Å². The number of ketones is 1. The van der Waals surface area contributed by atoms with Crippen LogP contribution < -0.4 is 10.5 Å². The van der Waals surface area contributed by atoms with Crippen LogP contribution in [0.1, 0.15) is 27.2 Å². The molecule has 0 aliphatic heterocycles. The van der Waals surface area contributed by atoms with Crippen molar-refractivity contribution in [2.45, 2.75) is 13.8 Å². The highest BCUT2D eigenvalue weighted by atomic mass is 19.1. The lowest BCUT2D eigenvalue weighted by Crippen LogP contribution is -2.09. The molecule has 0 bridgehead atoms. The number of hydrogen-bond donors (Lipinski definition) is 2. The number of aryl methyl sites for hydroxylation is 2. The standard InChI is InChI=1S/C25H20FN5O2/c1-14-7-8-19-16(9-14)11-20(30-19)24(32)17-12-29-31(25(17)27)21-13-28-23(10-15(21)2)33-22-6-4-3-5-18(22)26/h3-13,30H,27H2,1-2H3. The molecule has 5 rings (SSSR count). The number of pyridine rings is 1. The molecule has 0 radical (unpaired) electrons. The lowest BCUT2D eigenvalue weighted by Gasteiger charge is -2.11. The van der Waals surface area contributed by atoms with Gasteiger partial charge in [0.1, 0.15) is 5.82 Å². The van der Waals surface area contributed by atoms with Crippen molar-refractivity contribution in [3.05, 3.63) is 95.2 Å². The van der Waals surface area contributed by atoms with E-state index in [0.717, 1.165) is 22.0 Å². The van der Waals surface area contributed by atoms with Crippen molar-refractivity contribution in [2.75, 3.05) is 5.73 Å². The molecule has 3 aromatic heterocycles. The van der Waals surface area contributed by atoms with Gasteiger partial charge < -0.3 is 15.5 Å². The summed E-state index contributed by atoms with van der Waals surface area (Å²) in [5, 5.41) is 5.26. The molecule has 8 heteroatoms. The zero-order chi connectivity index (χ0) is 23.1. The van der Waals surface area contributed by atoms with E-state index in [1.165, 1.54) is 29.2 Å². The fraction of sp³-hybridized carbons (Fsp3) is 0.0800. The van der Waals surface area contributed by atoms with Crippen molar-refractivity contribution in [3.8, 4) is 17.3 Å². The minimum Gasteiger partial charge on any atom is -0.436 e. The Kier molecular flexibility index (Phi) is 4.90. The predicted octanol–water partition coefficient (Wildman–Crippen LogP) is 5.11. The molecule has 0 fully saturated rings. The third-order valence-corrected chi connectivity index (χ3v) is 5.41. The number of aromatic amines is 1. The van der Waals surface area contributed by atoms with Crippen molar-refractivity contribution < 1.29 is 13.9 Å². The third-order valence-electron chi connectivity index (χ3n) is 5.41. The minimum absolute atomic E-state index is 0.0807. The van der Waals surface area contributed by atoms with Gasteiger partial charge in [-0.2, -0.15) is 5.10 Å². The van der Waals surface area contributed by atoms with Gasteiger partial charge in [-0.25, -0.2) is 14.1 Å². The van der Waals surface area contributed by atoms with Crippen LogP contribution in [0.25, 0.3) is 16.6 Å². The number of H-pyrrole nitrogens is 1. The Bertz CT molecular complexity index is 1520. The second kappa shape index (κ2) is 7.90. The van der Waals surface area contributed by atoms with Gasteiger partial charge in [-0.3, -0.25) is 4.79 Å². The normalized spacial score (nSPS) is 11.1. The number of aromatic nitrogens is 4. The highest BCUT2D eigenvalue weighted by molar-refractivity contribution is 6.12. The Balaban J connectivity index is 1.44. The molecular formula is C25H20FN5O2. The molecule has 0 unspecified atom stereocenters. The highest BCUT2D eigenvalue weighted by Crippen LogP contribution is 2.27. The van der Waals surface area contributed by atoms with Gasteiger partial charge in [-0.1, -0.05) is 23.8 Å². The molecule has 0 saturated carbocycles. The maximum atomic E-state index is 13.9. The number of benzene rings is 2. The largest absolute Gasteiger partial charge is 0.436 e. The van der Waals surface area contributed by atoms with Crippen LogP contribution in [0.15, 0.2) is 67.0 Å². The fourth-order valence-corrected chi connectivity index (χ4v) is 3.68. The molecule has 3 N–H and O–H groups in total. The maximum absolute atomic E-state index is 13.9. The van der Waals surface area contributed by atoms with Crippen molar-refractivity contribution >= 4 is 22.5 Å². The zero-order valence-corrected chi connectivity index (χ0v) is 18.0. The number of fused-ring (bicyclic) bond motifs is 1. The summed E-state index contributed by atoms with van der Waals surface area (Å²) in [5.74, 6) is -0.221. The summed E-state index contributed by atoms with van der Waals surface area (Å²) >= 11 is 0. The van der Waals surface area contributed by atoms with E-state index in [-0.39, 0.29) is 28.8 Å². The molecule has 5 aromatic rings. The number of halogens is 1. The van der Waals surface area contributed by atoms with E-state index in [0.29, 0.717) is 11.4 Å². The van der Waals surface area contributed by atoms with Gasteiger partial charge in [0.25, 0.3) is 0 Å². The maximum Gasteiger partial charge on any atom is 0.219 e. The molecule has 3 heterocycles. The van der Waals surface area contributed by atoms with Crippen LogP contribution in [0.2, 0.25) is 0 Å². The smallest absolute Gasteiger partial charge is 0.219 e. The van der Waals surface area contributed by atoms with Crippen molar-refractivity contribution in [3.63, 3.8) is 0 Å². The first-order chi connectivity index (χ1) is 15.9. The average Bonchev–Trinajstić information content (AvgIpc) is 3.38. The quantitative estimate of drug-likeness (QED) is 0.369. The van der Waals surface area contributed by atoms with Crippen LogP contribution in [0, 0.1) is 19.7 Å². The number of anilines is 1. The number of nitrogen functional groups attached to an aromatic ring is 1. The predicted molar refractivity (Wildman–Crippen MR) is 123 cm³/mol. The SMILES string of the molecule is Cc1ccc2[nH]c(C(=O)c3cnn(-c4cnc(Oc5ccccc5F)cc4C)c3N)cc2c1. The molecule has 2 aromatic carbocycles. The van der Waals surface area contributed by atoms with Crippen molar-refractivity contribution in [2.24, 2.45) is 0 Å². The van der Waals surface area contributed by atoms with Crippen molar-refractivity contribution in [1.29, 1.82) is 0 Å². The first-order valence-electron chi connectivity index (χ1n) is 10.3. The van der Waals surface area contributed by atoms with E-state index in [1.807, 2.05) is 38.1 Å². The van der Waals surface area contributed by atoms with Crippen LogP contribution in [-0.2, 0) is 0 Å². The number of rotatable bonds is 5. The van der Waals surface area contributed by atoms with Crippen LogP contribution >= 0.6 is 0 Å². The molecule has 0 atom stereocenters. The second-order valence-electron chi connectivity index (χ2n) is 7.80. The monoisotopic (exact) mass is 441 g/mol. The summed E-state index contributed by atoms with van der Waals surface area (Å²) < 4.78 is 20.9. The fourth-order valence-electron chi connectivity index (χ4n) is 3.68. The first-order valence-corrected chi connectivity index (χ1v) is 10.3. The van der Waals surface area contributed by atoms with Gasteiger partial charge >= 0.3 is 0 Å². The first kappa shape index (κ1) is 20.4. The molecule has 0 spiro atoms. The Morgan fingerprint density at radius 3 is 2.70 bits per heavy atom. The number of ether oxygens (including phenoxy) is 1. The average molecular weight is 441 g/mol. The number of para-hydroxylation sites is 1. The third kappa shape index (κ3) is 3.71. The number of nitrogens with two attached hydrogens (primary N) is 1. The highest BCUT2D eigenvalue weighted by Gasteiger charge is 2.20. The number of carbonyl (C=O) groups is 1. The van der Waals surface area contributed by atoms with E-state index in [4.69, 9.17) is 10.5 Å². The Labute approximate surface area is 188 Å². The molecule has 0 aliphatic rings. The number of carbonyl (C=O) groups excluding carboxylic acids is 1. The Morgan fingerprint density at radius 2 is 1.91 bits per heavy atom. The van der Waals surface area contributed by atoms with Crippen LogP contribution in [0.4, 0.5) is 10.2 Å². The van der Waals surface area contributed by atoms with E-state index in [9.17, 15) is 9.18 Å². The van der Waals surface area contributed by atoms with E-state index >= 15 is 0 Å². The van der Waals surface area contributed by atoms with E-state index in [2.05, 4.69) is 15.1 Å². The van der Waals surface area contributed by atoms with Gasteiger partial charge in [-0.05, 0) is 49.7 Å². The Morgan fingerprint density at radius 1 is 1.09 bits per heavy atom. The molecule has 0 saturated heterocycles. The molecule has 164 valence electrons. The van der Waals surface area contributed by atoms with Gasteiger partial charge in [0.05, 0.1) is 29.3 Å². The summed E-state index contributed by atoms with van der Waals surface area (Å²) in [4.78, 5) is 20.5. The van der Waals surface area contributed by atoms with Crippen LogP contribution in [-0.4, -0.2) is 25.5 Å². The number of hydrogen-bond acceptors (Lipinski definition) is 5. The van der Waals surface area contributed by atoms with E-state index < -0.39 is 5.82 Å². The molecule has 33 heavy (non-hydrogen) atoms. The molecule has 7 nitrogen and oxygen atoms in total. The number of nitrogens with one attached hydrogen (secondary N) is 1. The lowest BCUT2D eigenvalue weighted by atomic mass is 10.1.